The van der Waals surface area contributed by atoms with E-state index in [2.05, 4.69) is 30.6 Å². The fourth-order valence-corrected chi connectivity index (χ4v) is 3.52. The lowest BCUT2D eigenvalue weighted by Gasteiger charge is -2.05. The minimum Gasteiger partial charge on any atom is -0.324 e. The number of H-pyrrole nitrogens is 1. The molecule has 0 saturated heterocycles. The number of fused-ring (bicyclic) bond motifs is 2. The number of rotatable bonds is 5. The minimum absolute atomic E-state index is 0.0593. The lowest BCUT2D eigenvalue weighted by molar-refractivity contribution is 0.100. The molecule has 152 valence electrons. The Hall–Kier alpha value is -4.33. The third kappa shape index (κ3) is 3.91. The maximum Gasteiger partial charge on any atom is 0.327 e. The summed E-state index contributed by atoms with van der Waals surface area (Å²) in [5, 5.41) is 7.33. The molecule has 0 aliphatic carbocycles. The van der Waals surface area contributed by atoms with Gasteiger partial charge in [-0.3, -0.25) is 20.4 Å². The highest BCUT2D eigenvalue weighted by Crippen LogP contribution is 2.21. The zero-order valence-corrected chi connectivity index (χ0v) is 16.4. The van der Waals surface area contributed by atoms with Gasteiger partial charge in [0.05, 0.1) is 5.52 Å². The van der Waals surface area contributed by atoms with Crippen molar-refractivity contribution >= 4 is 51.1 Å². The number of Topliss-reactive ketones (excluding diaryl/α,β-unsaturated/α-hetero) is 1. The Bertz CT molecular complexity index is 1390. The van der Waals surface area contributed by atoms with E-state index in [0.29, 0.717) is 28.8 Å². The molecule has 0 saturated carbocycles. The van der Waals surface area contributed by atoms with Crippen LogP contribution in [0.5, 0.6) is 0 Å². The molecule has 31 heavy (non-hydrogen) atoms. The molecule has 5 rings (SSSR count). The van der Waals surface area contributed by atoms with Crippen LogP contribution in [0.2, 0.25) is 0 Å². The largest absolute Gasteiger partial charge is 0.327 e. The van der Waals surface area contributed by atoms with E-state index in [9.17, 15) is 9.59 Å². The molecule has 3 N–H and O–H groups in total. The molecular weight excluding hydrogens is 392 g/mol. The van der Waals surface area contributed by atoms with Crippen LogP contribution in [0.1, 0.15) is 23.2 Å². The zero-order valence-electron chi connectivity index (χ0n) is 16.4. The number of para-hydroxylation sites is 1. The number of hydrogen-bond donors (Lipinski definition) is 3. The monoisotopic (exact) mass is 410 g/mol. The number of benzene rings is 2. The molecule has 0 bridgehead atoms. The number of imidazole rings is 1. The van der Waals surface area contributed by atoms with Gasteiger partial charge in [0.15, 0.2) is 5.78 Å². The molecule has 1 aliphatic heterocycles. The summed E-state index contributed by atoms with van der Waals surface area (Å²) in [4.78, 5) is 41.1. The Morgan fingerprint density at radius 3 is 2.74 bits per heavy atom. The number of aliphatic imine (C=N–C) groups is 1. The third-order valence-corrected chi connectivity index (χ3v) is 5.00. The molecule has 8 heteroatoms. The summed E-state index contributed by atoms with van der Waals surface area (Å²) in [5.41, 5.74) is 2.50. The quantitative estimate of drug-likeness (QED) is 0.414. The number of amides is 2. The highest BCUT2D eigenvalue weighted by atomic mass is 16.2. The van der Waals surface area contributed by atoms with E-state index in [1.165, 1.54) is 0 Å². The lowest BCUT2D eigenvalue weighted by Crippen LogP contribution is -2.20. The first-order valence-corrected chi connectivity index (χ1v) is 9.81. The number of urea groups is 1. The Balaban J connectivity index is 1.33. The molecular formula is C23H18N6O2. The first-order valence-electron chi connectivity index (χ1n) is 9.81. The van der Waals surface area contributed by atoms with E-state index in [0.717, 1.165) is 16.5 Å². The van der Waals surface area contributed by atoms with E-state index < -0.39 is 6.03 Å². The van der Waals surface area contributed by atoms with E-state index in [4.69, 9.17) is 0 Å². The van der Waals surface area contributed by atoms with Crippen LogP contribution in [-0.4, -0.2) is 32.5 Å². The van der Waals surface area contributed by atoms with Crippen LogP contribution in [-0.2, 0) is 0 Å². The van der Waals surface area contributed by atoms with Gasteiger partial charge in [-0.2, -0.15) is 0 Å². The fraction of sp³-hybridized carbons (Fsp3) is 0.0870. The Morgan fingerprint density at radius 1 is 1.03 bits per heavy atom. The van der Waals surface area contributed by atoms with Crippen molar-refractivity contribution in [1.82, 2.24) is 15.0 Å². The van der Waals surface area contributed by atoms with Crippen molar-refractivity contribution in [2.24, 2.45) is 4.99 Å². The van der Waals surface area contributed by atoms with Crippen molar-refractivity contribution in [3.05, 3.63) is 72.6 Å². The van der Waals surface area contributed by atoms with Crippen LogP contribution < -0.4 is 10.6 Å². The smallest absolute Gasteiger partial charge is 0.324 e. The van der Waals surface area contributed by atoms with Crippen LogP contribution in [0.15, 0.2) is 72.0 Å². The number of nitrogens with one attached hydrogen (secondary N) is 3. The number of carbonyl (C=O) groups is 2. The summed E-state index contributed by atoms with van der Waals surface area (Å²) in [7, 11) is 0. The van der Waals surface area contributed by atoms with Crippen molar-refractivity contribution in [3.63, 3.8) is 0 Å². The van der Waals surface area contributed by atoms with Gasteiger partial charge in [0.25, 0.3) is 0 Å². The molecule has 0 atom stereocenters. The van der Waals surface area contributed by atoms with E-state index in [1.807, 2.05) is 36.4 Å². The maximum atomic E-state index is 12.7. The number of aromatic nitrogens is 3. The summed E-state index contributed by atoms with van der Waals surface area (Å²) in [5.74, 6) is 0.610. The normalized spacial score (nSPS) is 12.8. The predicted molar refractivity (Wildman–Crippen MR) is 121 cm³/mol. The van der Waals surface area contributed by atoms with Crippen molar-refractivity contribution in [2.75, 3.05) is 10.6 Å². The number of nitrogens with zero attached hydrogens (tertiary/aromatic N) is 3. The summed E-state index contributed by atoms with van der Waals surface area (Å²) in [6, 6.07) is 14.4. The Kier molecular flexibility index (Phi) is 4.72. The number of allylic oxidation sites excluding steroid dienone is 1. The SMILES string of the molecule is O=C(Nc1cc2ccccc2cn1)Nc1nc2c(C(=O)CC3=NC=CC3)cccc2[nH]1. The molecule has 2 aromatic carbocycles. The predicted octanol–water partition coefficient (Wildman–Crippen LogP) is 4.69. The van der Waals surface area contributed by atoms with Crippen LogP contribution in [0, 0.1) is 0 Å². The first-order chi connectivity index (χ1) is 15.2. The van der Waals surface area contributed by atoms with Crippen LogP contribution in [0.25, 0.3) is 21.8 Å². The number of aromatic amines is 1. The number of anilines is 2. The Labute approximate surface area is 177 Å². The van der Waals surface area contributed by atoms with Crippen molar-refractivity contribution < 1.29 is 9.59 Å². The van der Waals surface area contributed by atoms with Gasteiger partial charge in [-0.05, 0) is 23.6 Å². The highest BCUT2D eigenvalue weighted by molar-refractivity contribution is 6.15. The summed E-state index contributed by atoms with van der Waals surface area (Å²) in [6.07, 6.45) is 6.27. The molecule has 4 aromatic rings. The molecule has 0 radical (unpaired) electrons. The number of ketones is 1. The first kappa shape index (κ1) is 18.7. The van der Waals surface area contributed by atoms with Crippen LogP contribution >= 0.6 is 0 Å². The number of hydrogen-bond acceptors (Lipinski definition) is 5. The second-order valence-corrected chi connectivity index (χ2v) is 7.17. The van der Waals surface area contributed by atoms with E-state index in [-0.39, 0.29) is 18.2 Å². The van der Waals surface area contributed by atoms with Crippen molar-refractivity contribution in [1.29, 1.82) is 0 Å². The molecule has 3 heterocycles. The van der Waals surface area contributed by atoms with Gasteiger partial charge in [-0.25, -0.2) is 14.8 Å². The average molecular weight is 410 g/mol. The van der Waals surface area contributed by atoms with Crippen LogP contribution in [0.4, 0.5) is 16.6 Å². The molecule has 2 aromatic heterocycles. The standard InChI is InChI=1S/C23H18N6O2/c30-19(12-16-7-4-10-24-16)17-8-3-9-18-21(17)28-22(26-18)29-23(31)27-20-11-14-5-1-2-6-15(14)13-25-20/h1-6,8-11,13H,7,12H2,(H3,25,26,27,28,29,31). The van der Waals surface area contributed by atoms with Gasteiger partial charge in [0.1, 0.15) is 11.3 Å². The van der Waals surface area contributed by atoms with Crippen LogP contribution in [0.3, 0.4) is 0 Å². The summed E-state index contributed by atoms with van der Waals surface area (Å²) in [6.45, 7) is 0. The number of pyridine rings is 1. The van der Waals surface area contributed by atoms with Gasteiger partial charge < -0.3 is 4.98 Å². The summed E-state index contributed by atoms with van der Waals surface area (Å²) >= 11 is 0. The molecule has 0 spiro atoms. The summed E-state index contributed by atoms with van der Waals surface area (Å²) < 4.78 is 0. The van der Waals surface area contributed by atoms with Gasteiger partial charge in [-0.15, -0.1) is 0 Å². The molecule has 1 aliphatic rings. The molecule has 0 fully saturated rings. The van der Waals surface area contributed by atoms with Gasteiger partial charge in [0.2, 0.25) is 5.95 Å². The zero-order chi connectivity index (χ0) is 21.2. The van der Waals surface area contributed by atoms with E-state index in [1.54, 1.807) is 30.6 Å². The molecule has 2 amide bonds. The van der Waals surface area contributed by atoms with Crippen molar-refractivity contribution in [3.8, 4) is 0 Å². The number of carbonyl (C=O) groups excluding carboxylic acids is 2. The van der Waals surface area contributed by atoms with Gasteiger partial charge in [-0.1, -0.05) is 36.4 Å². The maximum absolute atomic E-state index is 12.7. The topological polar surface area (TPSA) is 112 Å². The lowest BCUT2D eigenvalue weighted by atomic mass is 10.0. The Morgan fingerprint density at radius 2 is 1.90 bits per heavy atom. The molecule has 0 unspecified atom stereocenters. The second kappa shape index (κ2) is 7.83. The third-order valence-electron chi connectivity index (χ3n) is 5.00. The van der Waals surface area contributed by atoms with Gasteiger partial charge >= 0.3 is 6.03 Å². The highest BCUT2D eigenvalue weighted by Gasteiger charge is 2.17. The van der Waals surface area contributed by atoms with Crippen molar-refractivity contribution in [2.45, 2.75) is 12.8 Å². The molecule has 8 nitrogen and oxygen atoms in total. The fourth-order valence-electron chi connectivity index (χ4n) is 3.52. The second-order valence-electron chi connectivity index (χ2n) is 7.17. The van der Waals surface area contributed by atoms with Gasteiger partial charge in [0, 0.05) is 41.9 Å². The van der Waals surface area contributed by atoms with E-state index >= 15 is 0 Å². The minimum atomic E-state index is -0.485. The average Bonchev–Trinajstić information content (AvgIpc) is 3.42.